The van der Waals surface area contributed by atoms with E-state index >= 15 is 0 Å². The molecule has 4 heteroatoms. The van der Waals surface area contributed by atoms with Gasteiger partial charge in [-0.05, 0) is 37.5 Å². The summed E-state index contributed by atoms with van der Waals surface area (Å²) >= 11 is 0. The highest BCUT2D eigenvalue weighted by atomic mass is 16.3. The van der Waals surface area contributed by atoms with Crippen molar-refractivity contribution < 1.29 is 5.11 Å². The Morgan fingerprint density at radius 2 is 2.33 bits per heavy atom. The third-order valence-electron chi connectivity index (χ3n) is 3.69. The zero-order valence-electron chi connectivity index (χ0n) is 11.0. The van der Waals surface area contributed by atoms with Gasteiger partial charge in [0.25, 0.3) is 0 Å². The molecule has 2 heterocycles. The summed E-state index contributed by atoms with van der Waals surface area (Å²) < 4.78 is 0. The van der Waals surface area contributed by atoms with Crippen LogP contribution in [0.1, 0.15) is 32.3 Å². The monoisotopic (exact) mass is 247 g/mol. The van der Waals surface area contributed by atoms with Crippen LogP contribution in [-0.4, -0.2) is 27.2 Å². The van der Waals surface area contributed by atoms with Gasteiger partial charge in [-0.1, -0.05) is 6.92 Å². The lowest BCUT2D eigenvalue weighted by molar-refractivity contribution is 0.214. The average Bonchev–Trinajstić information content (AvgIpc) is 2.80. The minimum Gasteiger partial charge on any atom is -0.396 e. The summed E-state index contributed by atoms with van der Waals surface area (Å²) in [6.07, 6.45) is 5.55. The lowest BCUT2D eigenvalue weighted by Gasteiger charge is -2.29. The molecule has 18 heavy (non-hydrogen) atoms. The number of aromatic amines is 1. The first-order chi connectivity index (χ1) is 8.68. The van der Waals surface area contributed by atoms with E-state index in [1.165, 1.54) is 5.56 Å². The van der Waals surface area contributed by atoms with E-state index in [0.717, 1.165) is 30.4 Å². The zero-order valence-corrected chi connectivity index (χ0v) is 11.0. The molecule has 0 saturated heterocycles. The molecule has 0 fully saturated rings. The average molecular weight is 247 g/mol. The number of nitrogens with zero attached hydrogens (tertiary/aromatic N) is 1. The number of aliphatic hydroxyl groups excluding tert-OH is 1. The van der Waals surface area contributed by atoms with E-state index in [9.17, 15) is 0 Å². The van der Waals surface area contributed by atoms with Gasteiger partial charge in [-0.3, -0.25) is 0 Å². The van der Waals surface area contributed by atoms with Gasteiger partial charge in [0.05, 0.1) is 0 Å². The Bertz CT molecular complexity index is 508. The molecular formula is C14H21N3O. The summed E-state index contributed by atoms with van der Waals surface area (Å²) in [6.45, 7) is 5.29. The molecule has 2 aromatic rings. The fourth-order valence-electron chi connectivity index (χ4n) is 2.10. The molecule has 98 valence electrons. The van der Waals surface area contributed by atoms with Gasteiger partial charge < -0.3 is 15.4 Å². The van der Waals surface area contributed by atoms with E-state index < -0.39 is 0 Å². The highest BCUT2D eigenvalue weighted by Crippen LogP contribution is 2.19. The molecule has 4 nitrogen and oxygen atoms in total. The second-order valence-electron chi connectivity index (χ2n) is 4.95. The second-order valence-corrected chi connectivity index (χ2v) is 4.95. The molecule has 0 radical (unpaired) electrons. The Morgan fingerprint density at radius 1 is 1.50 bits per heavy atom. The van der Waals surface area contributed by atoms with Crippen LogP contribution in [0.15, 0.2) is 24.5 Å². The maximum absolute atomic E-state index is 9.11. The van der Waals surface area contributed by atoms with Crippen molar-refractivity contribution in [1.29, 1.82) is 0 Å². The Hall–Kier alpha value is -1.39. The zero-order chi connectivity index (χ0) is 13.0. The molecule has 0 aliphatic heterocycles. The van der Waals surface area contributed by atoms with Crippen molar-refractivity contribution in [2.24, 2.45) is 0 Å². The van der Waals surface area contributed by atoms with Crippen LogP contribution in [0.5, 0.6) is 0 Å². The molecule has 0 aliphatic carbocycles. The Balaban J connectivity index is 2.10. The lowest BCUT2D eigenvalue weighted by Crippen LogP contribution is -2.41. The van der Waals surface area contributed by atoms with E-state index in [2.05, 4.69) is 35.2 Å². The Labute approximate surface area is 107 Å². The minimum atomic E-state index is -0.0133. The maximum Gasteiger partial charge on any atom is 0.137 e. The van der Waals surface area contributed by atoms with Crippen LogP contribution in [0.2, 0.25) is 0 Å². The van der Waals surface area contributed by atoms with Gasteiger partial charge in [-0.15, -0.1) is 0 Å². The van der Waals surface area contributed by atoms with Gasteiger partial charge in [0.2, 0.25) is 0 Å². The number of pyridine rings is 1. The molecule has 0 saturated carbocycles. The Kier molecular flexibility index (Phi) is 3.99. The number of hydrogen-bond acceptors (Lipinski definition) is 3. The van der Waals surface area contributed by atoms with Crippen molar-refractivity contribution in [2.45, 2.75) is 38.8 Å². The van der Waals surface area contributed by atoms with Crippen molar-refractivity contribution in [1.82, 2.24) is 15.3 Å². The Morgan fingerprint density at radius 3 is 3.06 bits per heavy atom. The van der Waals surface area contributed by atoms with Gasteiger partial charge in [-0.2, -0.15) is 0 Å². The largest absolute Gasteiger partial charge is 0.396 e. The predicted molar refractivity (Wildman–Crippen MR) is 73.3 cm³/mol. The second kappa shape index (κ2) is 5.50. The van der Waals surface area contributed by atoms with Crippen LogP contribution < -0.4 is 5.32 Å². The number of rotatable bonds is 6. The first kappa shape index (κ1) is 13.1. The number of nitrogens with one attached hydrogen (secondary N) is 2. The molecule has 0 bridgehead atoms. The van der Waals surface area contributed by atoms with E-state index in [1.54, 1.807) is 6.20 Å². The van der Waals surface area contributed by atoms with Gasteiger partial charge in [0.1, 0.15) is 5.65 Å². The van der Waals surface area contributed by atoms with E-state index in [-0.39, 0.29) is 12.1 Å². The van der Waals surface area contributed by atoms with Crippen LogP contribution in [0.25, 0.3) is 11.0 Å². The molecule has 2 rings (SSSR count). The SMILES string of the molecule is CCC(C)(CCO)NCc1c[nH]c2ncccc12. The van der Waals surface area contributed by atoms with Crippen molar-refractivity contribution in [2.75, 3.05) is 6.61 Å². The number of hydrogen-bond donors (Lipinski definition) is 3. The quantitative estimate of drug-likeness (QED) is 0.733. The highest BCUT2D eigenvalue weighted by molar-refractivity contribution is 5.79. The lowest BCUT2D eigenvalue weighted by atomic mass is 9.94. The maximum atomic E-state index is 9.11. The summed E-state index contributed by atoms with van der Waals surface area (Å²) in [5.41, 5.74) is 2.13. The normalized spacial score (nSPS) is 14.8. The van der Waals surface area contributed by atoms with E-state index in [0.29, 0.717) is 0 Å². The number of fused-ring (bicyclic) bond motifs is 1. The van der Waals surface area contributed by atoms with Gasteiger partial charge in [0.15, 0.2) is 0 Å². The molecule has 0 aliphatic rings. The third kappa shape index (κ3) is 2.71. The van der Waals surface area contributed by atoms with Crippen LogP contribution in [-0.2, 0) is 6.54 Å². The van der Waals surface area contributed by atoms with Crippen molar-refractivity contribution in [3.05, 3.63) is 30.1 Å². The summed E-state index contributed by atoms with van der Waals surface area (Å²) in [6, 6.07) is 4.03. The van der Waals surface area contributed by atoms with Gasteiger partial charge in [0, 0.05) is 36.5 Å². The molecule has 0 aromatic carbocycles. The number of aromatic nitrogens is 2. The first-order valence-corrected chi connectivity index (χ1v) is 6.45. The molecule has 1 atom stereocenters. The molecule has 1 unspecified atom stereocenters. The summed E-state index contributed by atoms with van der Waals surface area (Å²) in [5, 5.41) is 13.8. The third-order valence-corrected chi connectivity index (χ3v) is 3.69. The topological polar surface area (TPSA) is 60.9 Å². The van der Waals surface area contributed by atoms with Crippen molar-refractivity contribution in [3.8, 4) is 0 Å². The molecule has 2 aromatic heterocycles. The predicted octanol–water partition coefficient (Wildman–Crippen LogP) is 2.20. The summed E-state index contributed by atoms with van der Waals surface area (Å²) in [7, 11) is 0. The fraction of sp³-hybridized carbons (Fsp3) is 0.500. The molecule has 3 N–H and O–H groups in total. The highest BCUT2D eigenvalue weighted by Gasteiger charge is 2.20. The summed E-state index contributed by atoms with van der Waals surface area (Å²) in [4.78, 5) is 7.45. The van der Waals surface area contributed by atoms with Gasteiger partial charge >= 0.3 is 0 Å². The number of aliphatic hydroxyl groups is 1. The van der Waals surface area contributed by atoms with Crippen LogP contribution >= 0.6 is 0 Å². The number of H-pyrrole nitrogens is 1. The van der Waals surface area contributed by atoms with Crippen LogP contribution in [0.3, 0.4) is 0 Å². The van der Waals surface area contributed by atoms with E-state index in [4.69, 9.17) is 5.11 Å². The molecule has 0 spiro atoms. The fourth-order valence-corrected chi connectivity index (χ4v) is 2.10. The smallest absolute Gasteiger partial charge is 0.137 e. The summed E-state index contributed by atoms with van der Waals surface area (Å²) in [5.74, 6) is 0. The van der Waals surface area contributed by atoms with E-state index in [1.807, 2.05) is 12.3 Å². The minimum absolute atomic E-state index is 0.0133. The van der Waals surface area contributed by atoms with Crippen LogP contribution in [0.4, 0.5) is 0 Å². The first-order valence-electron chi connectivity index (χ1n) is 6.45. The van der Waals surface area contributed by atoms with Crippen molar-refractivity contribution >= 4 is 11.0 Å². The molecule has 0 amide bonds. The van der Waals surface area contributed by atoms with Crippen molar-refractivity contribution in [3.63, 3.8) is 0 Å². The standard InChI is InChI=1S/C14H21N3O/c1-3-14(2,6-8-18)17-10-11-9-16-13-12(11)5-4-7-15-13/h4-5,7,9,17-18H,3,6,8,10H2,1-2H3,(H,15,16). The van der Waals surface area contributed by atoms with Crippen LogP contribution in [0, 0.1) is 0 Å². The molecular weight excluding hydrogens is 226 g/mol. The van der Waals surface area contributed by atoms with Gasteiger partial charge in [-0.25, -0.2) is 4.98 Å².